The SMILES string of the molecule is Cc1cccc(C)c1NC(=O)CN(C1=NC2CS(=O)(=O)CC2S1)c1ccc(Cl)cc1. The fourth-order valence-electron chi connectivity index (χ4n) is 3.70. The maximum atomic E-state index is 12.9. The number of anilines is 2. The predicted molar refractivity (Wildman–Crippen MR) is 125 cm³/mol. The van der Waals surface area contributed by atoms with Crippen molar-refractivity contribution in [1.82, 2.24) is 0 Å². The third-order valence-electron chi connectivity index (χ3n) is 5.22. The average molecular weight is 464 g/mol. The molecule has 2 unspecified atom stereocenters. The molecule has 1 amide bonds. The first-order valence-electron chi connectivity index (χ1n) is 9.56. The number of carbonyl (C=O) groups is 1. The summed E-state index contributed by atoms with van der Waals surface area (Å²) in [5.41, 5.74) is 3.58. The molecule has 1 fully saturated rings. The number of benzene rings is 2. The van der Waals surface area contributed by atoms with Crippen molar-refractivity contribution < 1.29 is 13.2 Å². The van der Waals surface area contributed by atoms with Crippen LogP contribution in [-0.2, 0) is 14.6 Å². The molecule has 30 heavy (non-hydrogen) atoms. The predicted octanol–water partition coefficient (Wildman–Crippen LogP) is 3.67. The van der Waals surface area contributed by atoms with Crippen LogP contribution in [0.15, 0.2) is 47.5 Å². The maximum Gasteiger partial charge on any atom is 0.244 e. The highest BCUT2D eigenvalue weighted by atomic mass is 35.5. The Bertz CT molecular complexity index is 1100. The van der Waals surface area contributed by atoms with Crippen molar-refractivity contribution in [2.75, 3.05) is 28.3 Å². The average Bonchev–Trinajstić information content (AvgIpc) is 3.17. The van der Waals surface area contributed by atoms with Crippen molar-refractivity contribution in [3.8, 4) is 0 Å². The van der Waals surface area contributed by atoms with Gasteiger partial charge in [-0.3, -0.25) is 9.79 Å². The van der Waals surface area contributed by atoms with Gasteiger partial charge in [-0.2, -0.15) is 0 Å². The lowest BCUT2D eigenvalue weighted by atomic mass is 10.1. The Hall–Kier alpha value is -2.03. The van der Waals surface area contributed by atoms with Crippen LogP contribution in [0.2, 0.25) is 5.02 Å². The lowest BCUT2D eigenvalue weighted by molar-refractivity contribution is -0.114. The van der Waals surface area contributed by atoms with E-state index < -0.39 is 9.84 Å². The molecule has 2 aromatic carbocycles. The molecule has 2 aliphatic rings. The van der Waals surface area contributed by atoms with Crippen molar-refractivity contribution in [2.24, 2.45) is 4.99 Å². The smallest absolute Gasteiger partial charge is 0.244 e. The summed E-state index contributed by atoms with van der Waals surface area (Å²) in [5, 5.41) is 4.18. The summed E-state index contributed by atoms with van der Waals surface area (Å²) >= 11 is 7.46. The van der Waals surface area contributed by atoms with Crippen LogP contribution < -0.4 is 10.2 Å². The number of nitrogens with one attached hydrogen (secondary N) is 1. The van der Waals surface area contributed by atoms with Crippen LogP contribution in [0.5, 0.6) is 0 Å². The molecular formula is C21H22ClN3O3S2. The number of aliphatic imine (C=N–C) groups is 1. The van der Waals surface area contributed by atoms with Crippen LogP contribution in [-0.4, -0.2) is 48.8 Å². The van der Waals surface area contributed by atoms with Gasteiger partial charge in [0.1, 0.15) is 6.54 Å². The first-order valence-corrected chi connectivity index (χ1v) is 12.6. The number of sulfone groups is 1. The van der Waals surface area contributed by atoms with E-state index in [0.717, 1.165) is 22.5 Å². The molecule has 6 nitrogen and oxygen atoms in total. The summed E-state index contributed by atoms with van der Waals surface area (Å²) in [6.07, 6.45) is 0. The molecule has 158 valence electrons. The number of aryl methyl sites for hydroxylation is 2. The van der Waals surface area contributed by atoms with Gasteiger partial charge in [0, 0.05) is 21.6 Å². The van der Waals surface area contributed by atoms with E-state index in [9.17, 15) is 13.2 Å². The molecule has 0 spiro atoms. The van der Waals surface area contributed by atoms with E-state index in [1.807, 2.05) is 49.1 Å². The van der Waals surface area contributed by atoms with Crippen LogP contribution in [0.1, 0.15) is 11.1 Å². The molecule has 2 heterocycles. The Kier molecular flexibility index (Phi) is 5.83. The van der Waals surface area contributed by atoms with Crippen LogP contribution in [0.4, 0.5) is 11.4 Å². The van der Waals surface area contributed by atoms with E-state index in [4.69, 9.17) is 11.6 Å². The highest BCUT2D eigenvalue weighted by molar-refractivity contribution is 8.15. The lowest BCUT2D eigenvalue weighted by Crippen LogP contribution is -2.36. The highest BCUT2D eigenvalue weighted by Gasteiger charge is 2.44. The van der Waals surface area contributed by atoms with Crippen LogP contribution >= 0.6 is 23.4 Å². The molecule has 2 atom stereocenters. The second-order valence-electron chi connectivity index (χ2n) is 7.59. The quantitative estimate of drug-likeness (QED) is 0.748. The second-order valence-corrected chi connectivity index (χ2v) is 11.4. The number of para-hydroxylation sites is 1. The maximum absolute atomic E-state index is 12.9. The van der Waals surface area contributed by atoms with Gasteiger partial charge in [0.2, 0.25) is 5.91 Å². The molecular weight excluding hydrogens is 442 g/mol. The van der Waals surface area contributed by atoms with Gasteiger partial charge in [0.05, 0.1) is 17.5 Å². The number of carbonyl (C=O) groups excluding carboxylic acids is 1. The molecule has 9 heteroatoms. The summed E-state index contributed by atoms with van der Waals surface area (Å²) in [6.45, 7) is 3.98. The molecule has 0 aromatic heterocycles. The second kappa shape index (κ2) is 8.24. The molecule has 0 radical (unpaired) electrons. The fourth-order valence-corrected chi connectivity index (χ4v) is 7.60. The Balaban J connectivity index is 1.59. The highest BCUT2D eigenvalue weighted by Crippen LogP contribution is 2.37. The zero-order chi connectivity index (χ0) is 21.5. The van der Waals surface area contributed by atoms with Gasteiger partial charge >= 0.3 is 0 Å². The number of halogens is 1. The minimum Gasteiger partial charge on any atom is -0.324 e. The van der Waals surface area contributed by atoms with Gasteiger partial charge in [0.15, 0.2) is 15.0 Å². The van der Waals surface area contributed by atoms with Crippen LogP contribution in [0.3, 0.4) is 0 Å². The van der Waals surface area contributed by atoms with Gasteiger partial charge < -0.3 is 10.2 Å². The standard InChI is InChI=1S/C21H22ClN3O3S2/c1-13-4-3-5-14(2)20(13)24-19(26)10-25(16-8-6-15(22)7-9-16)21-23-17-11-30(27,28)12-18(17)29-21/h3-9,17-18H,10-12H2,1-2H3,(H,24,26). The van der Waals surface area contributed by atoms with E-state index in [0.29, 0.717) is 10.2 Å². The number of nitrogens with zero attached hydrogens (tertiary/aromatic N) is 2. The van der Waals surface area contributed by atoms with Crippen LogP contribution in [0.25, 0.3) is 0 Å². The number of hydrogen-bond donors (Lipinski definition) is 1. The Morgan fingerprint density at radius 2 is 1.83 bits per heavy atom. The van der Waals surface area contributed by atoms with Crippen molar-refractivity contribution in [2.45, 2.75) is 25.1 Å². The summed E-state index contributed by atoms with van der Waals surface area (Å²) in [5.74, 6) is 0.0191. The Morgan fingerprint density at radius 3 is 2.47 bits per heavy atom. The number of fused-ring (bicyclic) bond motifs is 1. The molecule has 1 N–H and O–H groups in total. The number of rotatable bonds is 4. The molecule has 2 aliphatic heterocycles. The minimum atomic E-state index is -3.04. The van der Waals surface area contributed by atoms with Crippen LogP contribution in [0, 0.1) is 13.8 Å². The summed E-state index contributed by atoms with van der Waals surface area (Å²) < 4.78 is 23.8. The van der Waals surface area contributed by atoms with Crippen molar-refractivity contribution in [3.63, 3.8) is 0 Å². The third kappa shape index (κ3) is 4.50. The Morgan fingerprint density at radius 1 is 1.17 bits per heavy atom. The van der Waals surface area contributed by atoms with Crippen molar-refractivity contribution in [3.05, 3.63) is 58.6 Å². The van der Waals surface area contributed by atoms with E-state index in [1.54, 1.807) is 12.1 Å². The van der Waals surface area contributed by atoms with E-state index >= 15 is 0 Å². The zero-order valence-electron chi connectivity index (χ0n) is 16.6. The van der Waals surface area contributed by atoms with Crippen molar-refractivity contribution >= 4 is 55.6 Å². The van der Waals surface area contributed by atoms with Gasteiger partial charge in [-0.1, -0.05) is 41.6 Å². The van der Waals surface area contributed by atoms with Gasteiger partial charge in [0.25, 0.3) is 0 Å². The first kappa shape index (κ1) is 21.2. The number of amides is 1. The summed E-state index contributed by atoms with van der Waals surface area (Å²) in [7, 11) is -3.04. The van der Waals surface area contributed by atoms with Gasteiger partial charge in [-0.15, -0.1) is 0 Å². The van der Waals surface area contributed by atoms with E-state index in [-0.39, 0.29) is 35.2 Å². The van der Waals surface area contributed by atoms with E-state index in [2.05, 4.69) is 10.3 Å². The van der Waals surface area contributed by atoms with Gasteiger partial charge in [-0.05, 0) is 49.2 Å². The summed E-state index contributed by atoms with van der Waals surface area (Å²) in [4.78, 5) is 19.4. The Labute approximate surface area is 185 Å². The van der Waals surface area contributed by atoms with E-state index in [1.165, 1.54) is 11.8 Å². The zero-order valence-corrected chi connectivity index (χ0v) is 19.0. The fraction of sp³-hybridized carbons (Fsp3) is 0.333. The number of thioether (sulfide) groups is 1. The lowest BCUT2D eigenvalue weighted by Gasteiger charge is -2.24. The summed E-state index contributed by atoms with van der Waals surface area (Å²) in [6, 6.07) is 12.8. The monoisotopic (exact) mass is 463 g/mol. The molecule has 1 saturated heterocycles. The van der Waals surface area contributed by atoms with Gasteiger partial charge in [-0.25, -0.2) is 8.42 Å². The largest absolute Gasteiger partial charge is 0.324 e. The number of amidine groups is 1. The third-order valence-corrected chi connectivity index (χ3v) is 8.72. The number of hydrogen-bond acceptors (Lipinski definition) is 6. The first-order chi connectivity index (χ1) is 14.2. The topological polar surface area (TPSA) is 78.8 Å². The molecule has 0 aliphatic carbocycles. The normalized spacial score (nSPS) is 21.8. The molecule has 0 bridgehead atoms. The molecule has 4 rings (SSSR count). The van der Waals surface area contributed by atoms with Crippen molar-refractivity contribution in [1.29, 1.82) is 0 Å². The minimum absolute atomic E-state index is 0.0629. The molecule has 0 saturated carbocycles. The molecule has 2 aromatic rings.